The first-order valence-corrected chi connectivity index (χ1v) is 9.71. The first-order valence-electron chi connectivity index (χ1n) is 9.26. The topological polar surface area (TPSA) is 84.6 Å². The Morgan fingerprint density at radius 1 is 1.28 bits per heavy atom. The van der Waals surface area contributed by atoms with Crippen LogP contribution in [0.5, 0.6) is 0 Å². The molecule has 4 bridgehead atoms. The molecule has 6 nitrogen and oxygen atoms in total. The molecule has 3 atom stereocenters. The first kappa shape index (κ1) is 17.0. The maximum atomic E-state index is 12.8. The zero-order chi connectivity index (χ0) is 17.8. The van der Waals surface area contributed by atoms with Crippen LogP contribution in [0.4, 0.5) is 4.79 Å². The smallest absolute Gasteiger partial charge is 0.408 e. The summed E-state index contributed by atoms with van der Waals surface area (Å²) in [6.07, 6.45) is 6.25. The van der Waals surface area contributed by atoms with Gasteiger partial charge in [0.2, 0.25) is 5.91 Å². The van der Waals surface area contributed by atoms with Gasteiger partial charge in [0.05, 0.1) is 6.07 Å². The monoisotopic (exact) mass is 363 g/mol. The van der Waals surface area contributed by atoms with E-state index < -0.39 is 17.7 Å². The van der Waals surface area contributed by atoms with Crippen molar-refractivity contribution in [3.05, 3.63) is 0 Å². The number of nitrogens with zero attached hydrogens (tertiary/aromatic N) is 3. The van der Waals surface area contributed by atoms with E-state index in [9.17, 15) is 20.0 Å². The van der Waals surface area contributed by atoms with E-state index in [0.717, 1.165) is 38.5 Å². The number of amides is 2. The second-order valence-electron chi connectivity index (χ2n) is 8.65. The Kier molecular flexibility index (Phi) is 3.95. The third kappa shape index (κ3) is 2.79. The molecular weight excluding hydrogens is 338 g/mol. The van der Waals surface area contributed by atoms with Crippen LogP contribution >= 0.6 is 12.6 Å². The predicted molar refractivity (Wildman–Crippen MR) is 94.2 cm³/mol. The van der Waals surface area contributed by atoms with E-state index in [2.05, 4.69) is 6.07 Å². The highest BCUT2D eigenvalue weighted by molar-refractivity contribution is 7.81. The Balaban J connectivity index is 1.57. The van der Waals surface area contributed by atoms with Gasteiger partial charge in [-0.25, -0.2) is 4.79 Å². The number of thiol groups is 1. The van der Waals surface area contributed by atoms with Crippen molar-refractivity contribution in [2.24, 2.45) is 11.8 Å². The van der Waals surface area contributed by atoms with Gasteiger partial charge in [-0.2, -0.15) is 17.9 Å². The van der Waals surface area contributed by atoms with Gasteiger partial charge < -0.3 is 10.0 Å². The Hall–Kier alpha value is -1.42. The summed E-state index contributed by atoms with van der Waals surface area (Å²) in [5.74, 6) is 0.819. The predicted octanol–water partition coefficient (Wildman–Crippen LogP) is 2.50. The molecule has 2 amide bonds. The summed E-state index contributed by atoms with van der Waals surface area (Å²) in [6.45, 7) is 0.427. The number of hydrogen-bond donors (Lipinski definition) is 2. The second-order valence-corrected chi connectivity index (χ2v) is 9.60. The first-order chi connectivity index (χ1) is 11.8. The Labute approximate surface area is 153 Å². The van der Waals surface area contributed by atoms with Crippen LogP contribution in [0.25, 0.3) is 0 Å². The molecule has 7 heteroatoms. The number of likely N-dealkylation sites (tertiary alicyclic amines) is 1. The fourth-order valence-corrected chi connectivity index (χ4v) is 7.16. The van der Waals surface area contributed by atoms with Gasteiger partial charge in [0, 0.05) is 16.8 Å². The molecule has 4 saturated carbocycles. The van der Waals surface area contributed by atoms with Crippen molar-refractivity contribution in [1.82, 2.24) is 9.80 Å². The third-order valence-electron chi connectivity index (χ3n) is 6.82. The average Bonchev–Trinajstić information content (AvgIpc) is 2.98. The van der Waals surface area contributed by atoms with Crippen molar-refractivity contribution < 1.29 is 14.7 Å². The third-order valence-corrected chi connectivity index (χ3v) is 7.34. The highest BCUT2D eigenvalue weighted by atomic mass is 32.1. The Morgan fingerprint density at radius 3 is 2.52 bits per heavy atom. The van der Waals surface area contributed by atoms with Gasteiger partial charge in [-0.05, 0) is 63.2 Å². The Morgan fingerprint density at radius 2 is 1.96 bits per heavy atom. The van der Waals surface area contributed by atoms with Gasteiger partial charge in [-0.3, -0.25) is 9.69 Å². The molecule has 3 unspecified atom stereocenters. The van der Waals surface area contributed by atoms with Crippen molar-refractivity contribution >= 4 is 24.6 Å². The molecule has 0 aromatic heterocycles. The van der Waals surface area contributed by atoms with Gasteiger partial charge in [0.1, 0.15) is 12.6 Å². The number of carbonyl (C=O) groups is 2. The summed E-state index contributed by atoms with van der Waals surface area (Å²) in [7, 11) is 0. The standard InChI is InChI=1S/C18H25N3O3S/c19-9-14-2-1-3-20(14)15(22)10-21(16(23)24)17-5-12-4-13(6-17)8-18(25,7-12)11-17/h12-14,25H,1-8,10-11H2,(H,23,24). The van der Waals surface area contributed by atoms with E-state index in [1.807, 2.05) is 0 Å². The lowest BCUT2D eigenvalue weighted by Crippen LogP contribution is -2.66. The van der Waals surface area contributed by atoms with Crippen LogP contribution in [0.3, 0.4) is 0 Å². The summed E-state index contributed by atoms with van der Waals surface area (Å²) in [4.78, 5) is 27.8. The highest BCUT2D eigenvalue weighted by Crippen LogP contribution is 2.61. The van der Waals surface area contributed by atoms with E-state index in [-0.39, 0.29) is 17.2 Å². The second kappa shape index (κ2) is 5.80. The van der Waals surface area contributed by atoms with Gasteiger partial charge in [0.25, 0.3) is 0 Å². The highest BCUT2D eigenvalue weighted by Gasteiger charge is 2.59. The number of hydrogen-bond acceptors (Lipinski definition) is 4. The quantitative estimate of drug-likeness (QED) is 0.755. The molecule has 136 valence electrons. The summed E-state index contributed by atoms with van der Waals surface area (Å²) < 4.78 is -0.0797. The molecule has 1 heterocycles. The molecule has 0 radical (unpaired) electrons. The lowest BCUT2D eigenvalue weighted by Gasteiger charge is -2.63. The van der Waals surface area contributed by atoms with Gasteiger partial charge in [-0.1, -0.05) is 0 Å². The molecule has 4 aliphatic carbocycles. The number of rotatable bonds is 3. The lowest BCUT2D eigenvalue weighted by molar-refractivity contribution is -0.136. The van der Waals surface area contributed by atoms with Crippen molar-refractivity contribution in [1.29, 1.82) is 5.26 Å². The van der Waals surface area contributed by atoms with Crippen molar-refractivity contribution in [2.45, 2.75) is 67.7 Å². The molecule has 1 N–H and O–H groups in total. The molecule has 5 rings (SSSR count). The van der Waals surface area contributed by atoms with E-state index in [4.69, 9.17) is 12.6 Å². The van der Waals surface area contributed by atoms with Crippen LogP contribution < -0.4 is 0 Å². The Bertz CT molecular complexity index is 632. The van der Waals surface area contributed by atoms with Gasteiger partial charge in [-0.15, -0.1) is 0 Å². The molecular formula is C18H25N3O3S. The van der Waals surface area contributed by atoms with Crippen LogP contribution in [0.15, 0.2) is 0 Å². The number of carbonyl (C=O) groups excluding carboxylic acids is 1. The fraction of sp³-hybridized carbons (Fsp3) is 0.833. The SMILES string of the molecule is N#CC1CCCN1C(=O)CN(C(=O)O)C12CC3CC(CC(S)(C3)C1)C2. The van der Waals surface area contributed by atoms with Crippen LogP contribution in [0.2, 0.25) is 0 Å². The van der Waals surface area contributed by atoms with E-state index >= 15 is 0 Å². The summed E-state index contributed by atoms with van der Waals surface area (Å²) in [5.41, 5.74) is -0.449. The fourth-order valence-electron chi connectivity index (χ4n) is 6.35. The summed E-state index contributed by atoms with van der Waals surface area (Å²) >= 11 is 4.92. The average molecular weight is 363 g/mol. The zero-order valence-corrected chi connectivity index (χ0v) is 15.3. The van der Waals surface area contributed by atoms with Crippen molar-refractivity contribution in [3.63, 3.8) is 0 Å². The van der Waals surface area contributed by atoms with E-state index in [1.165, 1.54) is 11.3 Å². The molecule has 0 spiro atoms. The minimum Gasteiger partial charge on any atom is -0.465 e. The van der Waals surface area contributed by atoms with Gasteiger partial charge in [0.15, 0.2) is 0 Å². The molecule has 5 fully saturated rings. The molecule has 5 aliphatic rings. The van der Waals surface area contributed by atoms with Gasteiger partial charge >= 0.3 is 6.09 Å². The molecule has 0 aromatic carbocycles. The van der Waals surface area contributed by atoms with Crippen LogP contribution in [-0.4, -0.2) is 56.3 Å². The summed E-state index contributed by atoms with van der Waals surface area (Å²) in [5, 5.41) is 19.1. The number of nitriles is 1. The van der Waals surface area contributed by atoms with Crippen molar-refractivity contribution in [2.75, 3.05) is 13.1 Å². The van der Waals surface area contributed by atoms with Crippen LogP contribution in [-0.2, 0) is 4.79 Å². The van der Waals surface area contributed by atoms with Crippen LogP contribution in [0, 0.1) is 23.2 Å². The van der Waals surface area contributed by atoms with E-state index in [1.54, 1.807) is 4.90 Å². The molecule has 1 saturated heterocycles. The maximum absolute atomic E-state index is 12.8. The zero-order valence-electron chi connectivity index (χ0n) is 14.4. The number of carboxylic acid groups (broad SMARTS) is 1. The normalized spacial score (nSPS) is 41.6. The minimum atomic E-state index is -1.01. The lowest BCUT2D eigenvalue weighted by atomic mass is 9.52. The minimum absolute atomic E-state index is 0.0797. The van der Waals surface area contributed by atoms with Crippen LogP contribution in [0.1, 0.15) is 51.4 Å². The maximum Gasteiger partial charge on any atom is 0.408 e. The van der Waals surface area contributed by atoms with Crippen molar-refractivity contribution in [3.8, 4) is 6.07 Å². The molecule has 0 aromatic rings. The van der Waals surface area contributed by atoms with E-state index in [0.29, 0.717) is 24.8 Å². The molecule has 25 heavy (non-hydrogen) atoms. The molecule has 1 aliphatic heterocycles. The summed E-state index contributed by atoms with van der Waals surface area (Å²) in [6, 6.07) is 1.76. The largest absolute Gasteiger partial charge is 0.465 e.